The fourth-order valence-corrected chi connectivity index (χ4v) is 3.80. The summed E-state index contributed by atoms with van der Waals surface area (Å²) in [5.74, 6) is 0.767. The minimum atomic E-state index is -0.850. The van der Waals surface area contributed by atoms with Gasteiger partial charge in [-0.1, -0.05) is 23.7 Å². The number of hydrogen-bond donors (Lipinski definition) is 3. The van der Waals surface area contributed by atoms with Gasteiger partial charge in [-0.25, -0.2) is 15.0 Å². The highest BCUT2D eigenvalue weighted by atomic mass is 35.5. The zero-order valence-corrected chi connectivity index (χ0v) is 14.9. The molecule has 0 saturated heterocycles. The van der Waals surface area contributed by atoms with E-state index >= 15 is 0 Å². The molecule has 4 rings (SSSR count). The molecule has 0 spiro atoms. The molecule has 0 aliphatic rings. The fourth-order valence-electron chi connectivity index (χ4n) is 2.57. The third-order valence-electron chi connectivity index (χ3n) is 3.80. The average molecular weight is 385 g/mol. The topological polar surface area (TPSA) is 114 Å². The van der Waals surface area contributed by atoms with Crippen LogP contribution in [0.25, 0.3) is 21.3 Å². The van der Waals surface area contributed by atoms with E-state index in [1.165, 1.54) is 17.7 Å². The molecule has 1 atom stereocenters. The molecule has 26 heavy (non-hydrogen) atoms. The summed E-state index contributed by atoms with van der Waals surface area (Å²) in [6.45, 7) is 0. The molecule has 0 aliphatic carbocycles. The summed E-state index contributed by atoms with van der Waals surface area (Å²) < 4.78 is 0. The summed E-state index contributed by atoms with van der Waals surface area (Å²) in [6.07, 6.45) is 2.17. The number of rotatable bonds is 4. The minimum absolute atomic E-state index is 0.192. The monoisotopic (exact) mass is 384 g/mol. The van der Waals surface area contributed by atoms with Crippen LogP contribution in [0.2, 0.25) is 5.02 Å². The van der Waals surface area contributed by atoms with E-state index in [1.54, 1.807) is 36.5 Å². The maximum absolute atomic E-state index is 10.9. The minimum Gasteiger partial charge on any atom is -0.384 e. The van der Waals surface area contributed by atoms with Gasteiger partial charge in [0.05, 0.1) is 15.4 Å². The quantitative estimate of drug-likeness (QED) is 0.497. The Bertz CT molecular complexity index is 1030. The summed E-state index contributed by atoms with van der Waals surface area (Å²) in [5.41, 5.74) is 7.79. The number of nitrogen functional groups attached to an aromatic ring is 1. The van der Waals surface area contributed by atoms with Crippen LogP contribution in [0.15, 0.2) is 48.9 Å². The van der Waals surface area contributed by atoms with Gasteiger partial charge >= 0.3 is 0 Å². The Labute approximate surface area is 157 Å². The number of thiophene rings is 1. The van der Waals surface area contributed by atoms with E-state index < -0.39 is 6.10 Å². The largest absolute Gasteiger partial charge is 0.384 e. The van der Waals surface area contributed by atoms with Gasteiger partial charge in [0.2, 0.25) is 5.95 Å². The number of anilines is 1. The summed E-state index contributed by atoms with van der Waals surface area (Å²) >= 11 is 7.38. The van der Waals surface area contributed by atoms with E-state index in [4.69, 9.17) is 17.3 Å². The lowest BCUT2D eigenvalue weighted by atomic mass is 10.0. The van der Waals surface area contributed by atoms with Crippen LogP contribution in [0, 0.1) is 0 Å². The van der Waals surface area contributed by atoms with Crippen molar-refractivity contribution in [2.24, 2.45) is 0 Å². The van der Waals surface area contributed by atoms with E-state index in [0.29, 0.717) is 22.1 Å². The number of halogens is 1. The second kappa shape index (κ2) is 6.83. The van der Waals surface area contributed by atoms with Crippen molar-refractivity contribution >= 4 is 28.9 Å². The number of nitrogens with one attached hydrogen (secondary N) is 1. The molecule has 9 heteroatoms. The Kier molecular flexibility index (Phi) is 4.37. The third kappa shape index (κ3) is 3.17. The van der Waals surface area contributed by atoms with Crippen molar-refractivity contribution in [2.75, 3.05) is 5.73 Å². The van der Waals surface area contributed by atoms with Crippen molar-refractivity contribution in [3.05, 3.63) is 65.1 Å². The third-order valence-corrected chi connectivity index (χ3v) is 5.23. The van der Waals surface area contributed by atoms with Crippen LogP contribution in [-0.4, -0.2) is 30.3 Å². The number of nitrogens with two attached hydrogens (primary N) is 1. The van der Waals surface area contributed by atoms with E-state index in [9.17, 15) is 5.11 Å². The molecule has 7 nitrogen and oxygen atoms in total. The first-order valence-corrected chi connectivity index (χ1v) is 8.83. The smallest absolute Gasteiger partial charge is 0.220 e. The van der Waals surface area contributed by atoms with Crippen molar-refractivity contribution in [3.8, 4) is 21.3 Å². The van der Waals surface area contributed by atoms with E-state index in [2.05, 4.69) is 25.1 Å². The summed E-state index contributed by atoms with van der Waals surface area (Å²) in [5, 5.41) is 18.3. The summed E-state index contributed by atoms with van der Waals surface area (Å²) in [7, 11) is 0. The Hall–Kier alpha value is -2.81. The number of benzene rings is 1. The Morgan fingerprint density at radius 2 is 1.96 bits per heavy atom. The predicted molar refractivity (Wildman–Crippen MR) is 101 cm³/mol. The highest BCUT2D eigenvalue weighted by molar-refractivity contribution is 7.19. The SMILES string of the molecule is Nc1nccc(-c2cc(C(O)c3ccc(Cl)cc3)c(-c3ncn[nH]3)s2)n1. The molecule has 4 aromatic rings. The number of aliphatic hydroxyl groups is 1. The Morgan fingerprint density at radius 3 is 2.65 bits per heavy atom. The molecule has 0 saturated carbocycles. The normalized spacial score (nSPS) is 12.2. The van der Waals surface area contributed by atoms with Gasteiger partial charge in [-0.15, -0.1) is 11.3 Å². The van der Waals surface area contributed by atoms with Crippen molar-refractivity contribution in [1.82, 2.24) is 25.1 Å². The number of aromatic nitrogens is 5. The molecule has 0 amide bonds. The lowest BCUT2D eigenvalue weighted by Crippen LogP contribution is -2.00. The van der Waals surface area contributed by atoms with Crippen LogP contribution < -0.4 is 5.73 Å². The van der Waals surface area contributed by atoms with E-state index in [1.807, 2.05) is 6.07 Å². The first-order valence-electron chi connectivity index (χ1n) is 7.63. The lowest BCUT2D eigenvalue weighted by molar-refractivity contribution is 0.221. The van der Waals surface area contributed by atoms with Crippen molar-refractivity contribution in [1.29, 1.82) is 0 Å². The molecule has 0 aliphatic heterocycles. The molecule has 0 fully saturated rings. The van der Waals surface area contributed by atoms with Gasteiger partial charge in [0.15, 0.2) is 5.82 Å². The highest BCUT2D eigenvalue weighted by Gasteiger charge is 2.22. The van der Waals surface area contributed by atoms with Crippen LogP contribution in [0.3, 0.4) is 0 Å². The number of aliphatic hydroxyl groups excluding tert-OH is 1. The van der Waals surface area contributed by atoms with Crippen molar-refractivity contribution in [2.45, 2.75) is 6.10 Å². The molecular formula is C17H13ClN6OS. The van der Waals surface area contributed by atoms with Gasteiger partial charge in [0.1, 0.15) is 12.4 Å². The molecule has 3 aromatic heterocycles. The molecule has 130 valence electrons. The molecule has 3 heterocycles. The maximum atomic E-state index is 10.9. The highest BCUT2D eigenvalue weighted by Crippen LogP contribution is 2.40. The molecule has 0 bridgehead atoms. The van der Waals surface area contributed by atoms with Crippen LogP contribution in [0.5, 0.6) is 0 Å². The van der Waals surface area contributed by atoms with Gasteiger partial charge in [0, 0.05) is 16.8 Å². The summed E-state index contributed by atoms with van der Waals surface area (Å²) in [4.78, 5) is 14.0. The van der Waals surface area contributed by atoms with Crippen LogP contribution >= 0.6 is 22.9 Å². The Balaban J connectivity index is 1.83. The molecular weight excluding hydrogens is 372 g/mol. The fraction of sp³-hybridized carbons (Fsp3) is 0.0588. The second-order valence-corrected chi connectivity index (χ2v) is 6.97. The van der Waals surface area contributed by atoms with E-state index in [-0.39, 0.29) is 5.95 Å². The van der Waals surface area contributed by atoms with E-state index in [0.717, 1.165) is 15.3 Å². The van der Waals surface area contributed by atoms with Crippen molar-refractivity contribution < 1.29 is 5.11 Å². The lowest BCUT2D eigenvalue weighted by Gasteiger charge is -2.11. The molecule has 4 N–H and O–H groups in total. The Morgan fingerprint density at radius 1 is 1.15 bits per heavy atom. The molecule has 1 unspecified atom stereocenters. The van der Waals surface area contributed by atoms with Crippen LogP contribution in [-0.2, 0) is 0 Å². The second-order valence-electron chi connectivity index (χ2n) is 5.48. The van der Waals surface area contributed by atoms with Crippen molar-refractivity contribution in [3.63, 3.8) is 0 Å². The van der Waals surface area contributed by atoms with Crippen LogP contribution in [0.4, 0.5) is 5.95 Å². The number of nitrogens with zero attached hydrogens (tertiary/aromatic N) is 4. The number of hydrogen-bond acceptors (Lipinski definition) is 7. The zero-order chi connectivity index (χ0) is 18.1. The van der Waals surface area contributed by atoms with Gasteiger partial charge < -0.3 is 10.8 Å². The van der Waals surface area contributed by atoms with Gasteiger partial charge in [0.25, 0.3) is 0 Å². The van der Waals surface area contributed by atoms with Crippen LogP contribution in [0.1, 0.15) is 17.2 Å². The zero-order valence-electron chi connectivity index (χ0n) is 13.3. The summed E-state index contributed by atoms with van der Waals surface area (Å²) in [6, 6.07) is 10.7. The predicted octanol–water partition coefficient (Wildman–Crippen LogP) is 3.31. The maximum Gasteiger partial charge on any atom is 0.220 e. The standard InChI is InChI=1S/C17H13ClN6OS/c18-10-3-1-9(2-4-10)14(25)11-7-13(12-5-6-20-17(19)23-12)26-15(11)16-21-8-22-24-16/h1-8,14,25H,(H2,19,20,23)(H,21,22,24). The van der Waals surface area contributed by atoms with Gasteiger partial charge in [-0.2, -0.15) is 5.10 Å². The first kappa shape index (κ1) is 16.6. The van der Waals surface area contributed by atoms with Gasteiger partial charge in [-0.3, -0.25) is 5.10 Å². The van der Waals surface area contributed by atoms with Gasteiger partial charge in [-0.05, 0) is 29.8 Å². The molecule has 1 aromatic carbocycles. The number of H-pyrrole nitrogens is 1. The molecule has 0 radical (unpaired) electrons. The average Bonchev–Trinajstić information content (AvgIpc) is 3.31. The number of aromatic amines is 1. The first-order chi connectivity index (χ1) is 12.6.